The maximum atomic E-state index is 13.0. The summed E-state index contributed by atoms with van der Waals surface area (Å²) >= 11 is 0. The number of rotatable bonds is 5. The van der Waals surface area contributed by atoms with E-state index in [9.17, 15) is 4.21 Å². The Morgan fingerprint density at radius 1 is 1.19 bits per heavy atom. The minimum Gasteiger partial charge on any atom is -0.496 e. The number of ether oxygens (including phenoxy) is 1. The van der Waals surface area contributed by atoms with Gasteiger partial charge in [0, 0.05) is 36.9 Å². The monoisotopic (exact) mass is 380 g/mol. The van der Waals surface area contributed by atoms with Crippen molar-refractivity contribution in [1.82, 2.24) is 19.1 Å². The molecule has 4 aromatic rings. The molecule has 0 saturated heterocycles. The molecule has 0 aliphatic carbocycles. The molecule has 0 aliphatic rings. The summed E-state index contributed by atoms with van der Waals surface area (Å²) in [4.78, 5) is 8.97. The van der Waals surface area contributed by atoms with E-state index in [0.29, 0.717) is 10.9 Å². The number of aryl methyl sites for hydroxylation is 1. The van der Waals surface area contributed by atoms with Crippen molar-refractivity contribution in [2.45, 2.75) is 17.8 Å². The Balaban J connectivity index is 1.69. The highest BCUT2D eigenvalue weighted by atomic mass is 32.2. The minimum absolute atomic E-state index is 0.296. The molecule has 0 spiro atoms. The van der Waals surface area contributed by atoms with Crippen LogP contribution in [0, 0.1) is 6.92 Å². The second-order valence-corrected chi connectivity index (χ2v) is 7.64. The van der Waals surface area contributed by atoms with E-state index in [1.54, 1.807) is 19.4 Å². The van der Waals surface area contributed by atoms with Crippen LogP contribution in [0.2, 0.25) is 0 Å². The molecule has 138 valence electrons. The van der Waals surface area contributed by atoms with E-state index < -0.39 is 10.8 Å². The number of nitrogens with zero attached hydrogens (tertiary/aromatic N) is 4. The summed E-state index contributed by atoms with van der Waals surface area (Å²) in [6, 6.07) is 11.8. The van der Waals surface area contributed by atoms with Gasteiger partial charge in [0.05, 0.1) is 40.4 Å². The zero-order chi connectivity index (χ0) is 19.0. The molecule has 0 saturated carbocycles. The van der Waals surface area contributed by atoms with E-state index in [4.69, 9.17) is 4.74 Å². The van der Waals surface area contributed by atoms with E-state index in [2.05, 4.69) is 16.0 Å². The van der Waals surface area contributed by atoms with Crippen LogP contribution in [0.15, 0.2) is 60.1 Å². The van der Waals surface area contributed by atoms with Crippen LogP contribution in [0.4, 0.5) is 0 Å². The largest absolute Gasteiger partial charge is 0.496 e. The highest BCUT2D eigenvalue weighted by molar-refractivity contribution is 7.84. The Kier molecular flexibility index (Phi) is 4.53. The normalized spacial score (nSPS) is 12.4. The molecule has 0 amide bonds. The Bertz CT molecular complexity index is 1130. The number of hydrogen-bond donors (Lipinski definition) is 0. The van der Waals surface area contributed by atoms with Gasteiger partial charge >= 0.3 is 0 Å². The fraction of sp³-hybridized carbons (Fsp3) is 0.200. The maximum absolute atomic E-state index is 13.0. The lowest BCUT2D eigenvalue weighted by atomic mass is 10.2. The van der Waals surface area contributed by atoms with Crippen LogP contribution in [0.25, 0.3) is 16.7 Å². The van der Waals surface area contributed by atoms with Gasteiger partial charge in [-0.25, -0.2) is 4.98 Å². The molecule has 0 radical (unpaired) electrons. The third kappa shape index (κ3) is 3.14. The van der Waals surface area contributed by atoms with E-state index in [0.717, 1.165) is 33.7 Å². The van der Waals surface area contributed by atoms with E-state index in [-0.39, 0.29) is 0 Å². The molecule has 3 heterocycles. The molecule has 27 heavy (non-hydrogen) atoms. The molecule has 1 aromatic carbocycles. The predicted octanol–water partition coefficient (Wildman–Crippen LogP) is 3.38. The quantitative estimate of drug-likeness (QED) is 0.532. The molecule has 6 nitrogen and oxygen atoms in total. The maximum Gasteiger partial charge on any atom is 0.200 e. The third-order valence-electron chi connectivity index (χ3n) is 4.68. The summed E-state index contributed by atoms with van der Waals surface area (Å²) < 4.78 is 22.3. The Labute approximate surface area is 159 Å². The molecular weight excluding hydrogens is 360 g/mol. The van der Waals surface area contributed by atoms with Gasteiger partial charge in [-0.2, -0.15) is 0 Å². The summed E-state index contributed by atoms with van der Waals surface area (Å²) in [6.45, 7) is 1.93. The topological polar surface area (TPSA) is 61.9 Å². The van der Waals surface area contributed by atoms with E-state index in [1.807, 2.05) is 59.8 Å². The second-order valence-electron chi connectivity index (χ2n) is 6.29. The van der Waals surface area contributed by atoms with Crippen molar-refractivity contribution in [3.63, 3.8) is 0 Å². The van der Waals surface area contributed by atoms with Crippen molar-refractivity contribution in [1.29, 1.82) is 0 Å². The molecule has 7 heteroatoms. The van der Waals surface area contributed by atoms with Crippen molar-refractivity contribution in [3.8, 4) is 11.4 Å². The number of fused-ring (bicyclic) bond motifs is 1. The Morgan fingerprint density at radius 3 is 2.70 bits per heavy atom. The zero-order valence-electron chi connectivity index (χ0n) is 15.4. The first-order valence-electron chi connectivity index (χ1n) is 8.55. The first-order valence-corrected chi connectivity index (χ1v) is 9.87. The molecule has 4 rings (SSSR count). The molecule has 3 aromatic heterocycles. The lowest BCUT2D eigenvalue weighted by molar-refractivity contribution is 0.410. The predicted molar refractivity (Wildman–Crippen MR) is 106 cm³/mol. The minimum atomic E-state index is -1.32. The van der Waals surface area contributed by atoms with Gasteiger partial charge in [-0.1, -0.05) is 0 Å². The number of aromatic nitrogens is 4. The number of hydrogen-bond acceptors (Lipinski definition) is 4. The average Bonchev–Trinajstić information content (AvgIpc) is 3.32. The number of pyridine rings is 1. The highest BCUT2D eigenvalue weighted by Crippen LogP contribution is 2.24. The fourth-order valence-electron chi connectivity index (χ4n) is 3.14. The van der Waals surface area contributed by atoms with Gasteiger partial charge in [0.2, 0.25) is 0 Å². The molecule has 0 aliphatic heterocycles. The number of methoxy groups -OCH3 is 1. The van der Waals surface area contributed by atoms with Crippen LogP contribution < -0.4 is 4.74 Å². The Hall–Kier alpha value is -2.93. The molecule has 0 unspecified atom stereocenters. The average molecular weight is 380 g/mol. The molecule has 0 N–H and O–H groups in total. The van der Waals surface area contributed by atoms with Crippen molar-refractivity contribution >= 4 is 21.8 Å². The SMILES string of the molecule is COc1ccnc(C[S@@](=O)c2nc3ccc(-n4cccc4)cc3n2C)c1C. The van der Waals surface area contributed by atoms with Crippen LogP contribution in [0.5, 0.6) is 5.75 Å². The second kappa shape index (κ2) is 7.00. The highest BCUT2D eigenvalue weighted by Gasteiger charge is 2.17. The van der Waals surface area contributed by atoms with Crippen molar-refractivity contribution in [2.75, 3.05) is 7.11 Å². The zero-order valence-corrected chi connectivity index (χ0v) is 16.2. The first-order chi connectivity index (χ1) is 13.1. The van der Waals surface area contributed by atoms with Gasteiger partial charge in [-0.05, 0) is 43.3 Å². The van der Waals surface area contributed by atoms with Gasteiger partial charge in [0.1, 0.15) is 5.75 Å². The van der Waals surface area contributed by atoms with Crippen LogP contribution in [-0.2, 0) is 23.6 Å². The van der Waals surface area contributed by atoms with E-state index in [1.165, 1.54) is 0 Å². The van der Waals surface area contributed by atoms with Gasteiger partial charge in [-0.3, -0.25) is 9.19 Å². The Morgan fingerprint density at radius 2 is 1.96 bits per heavy atom. The van der Waals surface area contributed by atoms with Gasteiger partial charge in [0.15, 0.2) is 5.16 Å². The lowest BCUT2D eigenvalue weighted by Gasteiger charge is -2.09. The molecular formula is C20H20N4O2S. The molecule has 0 fully saturated rings. The third-order valence-corrected chi connectivity index (χ3v) is 5.98. The standard InChI is InChI=1S/C20H20N4O2S/c1-14-17(21-9-8-19(14)26-3)13-27(25)20-22-16-7-6-15(12-18(16)23(20)2)24-10-4-5-11-24/h4-12H,13H2,1-3H3/t27-/m1/s1. The fourth-order valence-corrected chi connectivity index (χ4v) is 4.41. The van der Waals surface area contributed by atoms with Crippen LogP contribution in [0.1, 0.15) is 11.3 Å². The van der Waals surface area contributed by atoms with Crippen LogP contribution in [-0.4, -0.2) is 30.4 Å². The summed E-state index contributed by atoms with van der Waals surface area (Å²) in [5.74, 6) is 1.04. The van der Waals surface area contributed by atoms with Gasteiger partial charge in [0.25, 0.3) is 0 Å². The lowest BCUT2D eigenvalue weighted by Crippen LogP contribution is -2.07. The molecule has 0 bridgehead atoms. The summed E-state index contributed by atoms with van der Waals surface area (Å²) in [6.07, 6.45) is 5.66. The first kappa shape index (κ1) is 17.5. The number of benzene rings is 1. The van der Waals surface area contributed by atoms with Gasteiger partial charge in [-0.15, -0.1) is 0 Å². The smallest absolute Gasteiger partial charge is 0.200 e. The van der Waals surface area contributed by atoms with Crippen LogP contribution in [0.3, 0.4) is 0 Å². The number of imidazole rings is 1. The van der Waals surface area contributed by atoms with Crippen molar-refractivity contribution in [2.24, 2.45) is 7.05 Å². The summed E-state index contributed by atoms with van der Waals surface area (Å²) in [5.41, 5.74) is 4.47. The van der Waals surface area contributed by atoms with E-state index >= 15 is 0 Å². The summed E-state index contributed by atoms with van der Waals surface area (Å²) in [7, 11) is 2.20. The summed E-state index contributed by atoms with van der Waals surface area (Å²) in [5, 5.41) is 0.540. The van der Waals surface area contributed by atoms with Gasteiger partial charge < -0.3 is 13.9 Å². The molecule has 1 atom stereocenters. The van der Waals surface area contributed by atoms with Crippen LogP contribution >= 0.6 is 0 Å². The van der Waals surface area contributed by atoms with Crippen molar-refractivity contribution in [3.05, 3.63) is 66.2 Å². The van der Waals surface area contributed by atoms with Crippen molar-refractivity contribution < 1.29 is 8.95 Å².